The van der Waals surface area contributed by atoms with Crippen LogP contribution < -0.4 is 10.6 Å². The molecule has 1 saturated heterocycles. The first-order valence-electron chi connectivity index (χ1n) is 9.19. The van der Waals surface area contributed by atoms with Gasteiger partial charge < -0.3 is 15.4 Å². The second-order valence-corrected chi connectivity index (χ2v) is 7.76. The molecule has 4 heterocycles. The Kier molecular flexibility index (Phi) is 4.52. The second kappa shape index (κ2) is 7.31. The number of benzene rings is 1. The number of pyridine rings is 1. The minimum absolute atomic E-state index is 0.163. The summed E-state index contributed by atoms with van der Waals surface area (Å²) < 4.78 is 5.39. The van der Waals surface area contributed by atoms with Crippen LogP contribution in [0.3, 0.4) is 0 Å². The van der Waals surface area contributed by atoms with E-state index in [1.165, 1.54) is 16.9 Å². The number of carbonyl (C=O) groups is 1. The summed E-state index contributed by atoms with van der Waals surface area (Å²) in [5, 5.41) is 6.99. The summed E-state index contributed by atoms with van der Waals surface area (Å²) in [5.41, 5.74) is 3.61. The summed E-state index contributed by atoms with van der Waals surface area (Å²) in [5.74, 6) is -0.163. The fourth-order valence-electron chi connectivity index (χ4n) is 3.47. The number of amides is 1. The molecule has 2 aromatic heterocycles. The highest BCUT2D eigenvalue weighted by Gasteiger charge is 2.22. The van der Waals surface area contributed by atoms with Crippen molar-refractivity contribution in [3.05, 3.63) is 47.0 Å². The van der Waals surface area contributed by atoms with Gasteiger partial charge in [0.2, 0.25) is 0 Å². The van der Waals surface area contributed by atoms with Gasteiger partial charge in [0.25, 0.3) is 5.91 Å². The monoisotopic (exact) mass is 393 g/mol. The van der Waals surface area contributed by atoms with Gasteiger partial charge in [-0.3, -0.25) is 9.69 Å². The number of carbonyl (C=O) groups excluding carboxylic acids is 1. The van der Waals surface area contributed by atoms with E-state index in [1.807, 2.05) is 18.2 Å². The number of hydrogen-bond acceptors (Lipinski definition) is 7. The van der Waals surface area contributed by atoms with Crippen molar-refractivity contribution in [1.29, 1.82) is 0 Å². The highest BCUT2D eigenvalue weighted by molar-refractivity contribution is 7.21. The predicted octanol–water partition coefficient (Wildman–Crippen LogP) is 3.47. The number of aliphatic imine (C=N–C) groups is 1. The summed E-state index contributed by atoms with van der Waals surface area (Å²) in [6.45, 7) is 4.39. The smallest absolute Gasteiger partial charge is 0.268 e. The first kappa shape index (κ1) is 17.3. The number of rotatable bonds is 4. The molecule has 142 valence electrons. The Morgan fingerprint density at radius 1 is 1.21 bits per heavy atom. The molecule has 2 aliphatic heterocycles. The van der Waals surface area contributed by atoms with Crippen molar-refractivity contribution in [3.8, 4) is 0 Å². The largest absolute Gasteiger partial charge is 0.379 e. The first-order chi connectivity index (χ1) is 13.8. The third-order valence-electron chi connectivity index (χ3n) is 4.91. The van der Waals surface area contributed by atoms with E-state index in [2.05, 4.69) is 37.6 Å². The van der Waals surface area contributed by atoms with Crippen LogP contribution in [0, 0.1) is 0 Å². The Hall–Kier alpha value is -2.81. The van der Waals surface area contributed by atoms with Gasteiger partial charge in [0.1, 0.15) is 9.71 Å². The average Bonchev–Trinajstić information content (AvgIpc) is 3.11. The zero-order valence-corrected chi connectivity index (χ0v) is 16.0. The summed E-state index contributed by atoms with van der Waals surface area (Å²) in [6.07, 6.45) is 3.35. The summed E-state index contributed by atoms with van der Waals surface area (Å²) in [4.78, 5) is 25.4. The molecular formula is C20H19N5O2S. The standard InChI is InChI=1S/C20H19N5O2S/c26-19(18-17-16-15(22-12-23-17)5-6-21-20(16)28-18)24-14-3-1-13(2-4-14)11-25-7-9-27-10-8-25/h1-6,12H,7-11H2,(H,22,23)(H,24,26). The van der Waals surface area contributed by atoms with E-state index < -0.39 is 0 Å². The van der Waals surface area contributed by atoms with Crippen LogP contribution in [0.4, 0.5) is 17.1 Å². The van der Waals surface area contributed by atoms with Gasteiger partial charge in [-0.1, -0.05) is 12.1 Å². The van der Waals surface area contributed by atoms with Crippen molar-refractivity contribution in [3.63, 3.8) is 0 Å². The molecule has 1 amide bonds. The lowest BCUT2D eigenvalue weighted by atomic mass is 10.1. The van der Waals surface area contributed by atoms with Gasteiger partial charge >= 0.3 is 0 Å². The van der Waals surface area contributed by atoms with E-state index in [-0.39, 0.29) is 5.91 Å². The van der Waals surface area contributed by atoms with Crippen molar-refractivity contribution in [1.82, 2.24) is 9.88 Å². The van der Waals surface area contributed by atoms with E-state index in [0.29, 0.717) is 10.6 Å². The second-order valence-electron chi connectivity index (χ2n) is 6.76. The molecule has 0 radical (unpaired) electrons. The van der Waals surface area contributed by atoms with Gasteiger partial charge in [0, 0.05) is 31.5 Å². The average molecular weight is 393 g/mol. The molecule has 0 saturated carbocycles. The highest BCUT2D eigenvalue weighted by atomic mass is 32.1. The van der Waals surface area contributed by atoms with Crippen LogP contribution in [0.25, 0.3) is 10.2 Å². The normalized spacial score (nSPS) is 16.1. The molecule has 0 aliphatic carbocycles. The minimum Gasteiger partial charge on any atom is -0.379 e. The fraction of sp³-hybridized carbons (Fsp3) is 0.250. The third kappa shape index (κ3) is 3.26. The summed E-state index contributed by atoms with van der Waals surface area (Å²) in [6, 6.07) is 9.89. The molecule has 2 aliphatic rings. The van der Waals surface area contributed by atoms with E-state index in [9.17, 15) is 4.79 Å². The molecule has 1 aromatic carbocycles. The van der Waals surface area contributed by atoms with Crippen LogP contribution >= 0.6 is 11.3 Å². The quantitative estimate of drug-likeness (QED) is 0.710. The van der Waals surface area contributed by atoms with Crippen molar-refractivity contribution in [2.45, 2.75) is 6.54 Å². The molecule has 0 spiro atoms. The number of aromatic nitrogens is 1. The number of morpholine rings is 1. The maximum absolute atomic E-state index is 12.9. The van der Waals surface area contributed by atoms with Crippen molar-refractivity contribution >= 4 is 50.9 Å². The zero-order valence-electron chi connectivity index (χ0n) is 15.1. The molecule has 2 N–H and O–H groups in total. The van der Waals surface area contributed by atoms with Crippen molar-refractivity contribution in [2.24, 2.45) is 4.99 Å². The molecule has 0 unspecified atom stereocenters. The molecule has 5 rings (SSSR count). The highest BCUT2D eigenvalue weighted by Crippen LogP contribution is 2.42. The van der Waals surface area contributed by atoms with E-state index in [0.717, 1.165) is 54.4 Å². The Balaban J connectivity index is 1.33. The zero-order chi connectivity index (χ0) is 18.9. The number of ether oxygens (including phenoxy) is 1. The maximum Gasteiger partial charge on any atom is 0.268 e. The Bertz CT molecular complexity index is 1050. The Morgan fingerprint density at radius 2 is 2.04 bits per heavy atom. The molecule has 7 nitrogen and oxygen atoms in total. The minimum atomic E-state index is -0.163. The number of nitrogens with one attached hydrogen (secondary N) is 2. The summed E-state index contributed by atoms with van der Waals surface area (Å²) in [7, 11) is 0. The number of thiophene rings is 1. The Labute approximate surface area is 166 Å². The predicted molar refractivity (Wildman–Crippen MR) is 112 cm³/mol. The van der Waals surface area contributed by atoms with Gasteiger partial charge in [-0.2, -0.15) is 0 Å². The van der Waals surface area contributed by atoms with E-state index in [1.54, 1.807) is 12.5 Å². The van der Waals surface area contributed by atoms with Crippen molar-refractivity contribution in [2.75, 3.05) is 36.9 Å². The van der Waals surface area contributed by atoms with Crippen LogP contribution in [-0.2, 0) is 11.3 Å². The van der Waals surface area contributed by atoms with Crippen LogP contribution in [0.2, 0.25) is 0 Å². The van der Waals surface area contributed by atoms with Gasteiger partial charge in [-0.25, -0.2) is 9.98 Å². The molecule has 8 heteroatoms. The first-order valence-corrected chi connectivity index (χ1v) is 10.0. The van der Waals surface area contributed by atoms with Gasteiger partial charge in [0.05, 0.1) is 36.3 Å². The lowest BCUT2D eigenvalue weighted by Gasteiger charge is -2.26. The molecule has 1 fully saturated rings. The molecule has 0 bridgehead atoms. The topological polar surface area (TPSA) is 78.9 Å². The van der Waals surface area contributed by atoms with Gasteiger partial charge in [0.15, 0.2) is 0 Å². The van der Waals surface area contributed by atoms with Crippen LogP contribution in [-0.4, -0.2) is 48.4 Å². The molecule has 3 aromatic rings. The molecule has 0 atom stereocenters. The molecular weight excluding hydrogens is 374 g/mol. The fourth-order valence-corrected chi connectivity index (χ4v) is 4.48. The third-order valence-corrected chi connectivity index (χ3v) is 5.99. The van der Waals surface area contributed by atoms with Crippen LogP contribution in [0.5, 0.6) is 0 Å². The van der Waals surface area contributed by atoms with Crippen LogP contribution in [0.15, 0.2) is 41.5 Å². The van der Waals surface area contributed by atoms with Crippen molar-refractivity contribution < 1.29 is 9.53 Å². The SMILES string of the molecule is O=C(Nc1ccc(CN2CCOCC2)cc1)c1sc2nccc3c2c1N=CN3. The Morgan fingerprint density at radius 3 is 2.86 bits per heavy atom. The maximum atomic E-state index is 12.9. The lowest BCUT2D eigenvalue weighted by Crippen LogP contribution is -2.35. The van der Waals surface area contributed by atoms with Gasteiger partial charge in [-0.15, -0.1) is 11.3 Å². The summed E-state index contributed by atoms with van der Waals surface area (Å²) >= 11 is 1.36. The molecule has 28 heavy (non-hydrogen) atoms. The van der Waals surface area contributed by atoms with E-state index in [4.69, 9.17) is 4.74 Å². The van der Waals surface area contributed by atoms with Gasteiger partial charge in [-0.05, 0) is 23.8 Å². The lowest BCUT2D eigenvalue weighted by molar-refractivity contribution is 0.0342. The van der Waals surface area contributed by atoms with E-state index >= 15 is 0 Å². The number of hydrogen-bond donors (Lipinski definition) is 2. The number of nitrogens with zero attached hydrogens (tertiary/aromatic N) is 3. The van der Waals surface area contributed by atoms with Crippen LogP contribution in [0.1, 0.15) is 15.2 Å². The number of anilines is 2.